The number of hydrogen-bond donors (Lipinski definition) is 2. The molecule has 1 aromatic heterocycles. The van der Waals surface area contributed by atoms with Gasteiger partial charge < -0.3 is 10.0 Å². The normalized spacial score (nSPS) is 23.4. The lowest BCUT2D eigenvalue weighted by Gasteiger charge is -2.42. The maximum Gasteiger partial charge on any atom is 0.407 e. The fourth-order valence-corrected chi connectivity index (χ4v) is 5.27. The van der Waals surface area contributed by atoms with Gasteiger partial charge in [0.2, 0.25) is 0 Å². The first-order chi connectivity index (χ1) is 11.7. The number of sulfonamides is 1. The average Bonchev–Trinajstić information content (AvgIpc) is 2.99. The van der Waals surface area contributed by atoms with E-state index in [1.54, 1.807) is 15.8 Å². The Balaban J connectivity index is 2.07. The maximum absolute atomic E-state index is 11.7. The van der Waals surface area contributed by atoms with Crippen LogP contribution in [0.5, 0.6) is 0 Å². The number of aromatic nitrogens is 2. The smallest absolute Gasteiger partial charge is 0.407 e. The molecule has 0 bridgehead atoms. The maximum atomic E-state index is 11.7. The molecule has 1 saturated heterocycles. The molecule has 0 radical (unpaired) electrons. The molecular formula is C17H30N4O4S. The SMILES string of the molecule is CC(C)(C)C1[C@H](CCCn2ccc(S(N)(=O)=O)n2)CN(C(=O)O)C1(C)C. The van der Waals surface area contributed by atoms with Crippen LogP contribution in [-0.2, 0) is 16.6 Å². The topological polar surface area (TPSA) is 119 Å². The van der Waals surface area contributed by atoms with E-state index in [1.165, 1.54) is 6.07 Å². The molecule has 2 atom stereocenters. The highest BCUT2D eigenvalue weighted by atomic mass is 32.2. The van der Waals surface area contributed by atoms with Crippen LogP contribution in [0.1, 0.15) is 47.5 Å². The number of nitrogens with two attached hydrogens (primary N) is 1. The van der Waals surface area contributed by atoms with Crippen molar-refractivity contribution >= 4 is 16.1 Å². The zero-order valence-electron chi connectivity index (χ0n) is 16.1. The number of carboxylic acid groups (broad SMARTS) is 1. The van der Waals surface area contributed by atoms with E-state index >= 15 is 0 Å². The van der Waals surface area contributed by atoms with Crippen LogP contribution in [0.25, 0.3) is 0 Å². The predicted octanol–water partition coefficient (Wildman–Crippen LogP) is 2.36. The van der Waals surface area contributed by atoms with Crippen LogP contribution < -0.4 is 5.14 Å². The molecule has 26 heavy (non-hydrogen) atoms. The first-order valence-corrected chi connectivity index (χ1v) is 10.4. The van der Waals surface area contributed by atoms with E-state index in [1.807, 2.05) is 13.8 Å². The Bertz CT molecular complexity index is 764. The minimum absolute atomic E-state index is 0.0230. The summed E-state index contributed by atoms with van der Waals surface area (Å²) in [5.74, 6) is 0.470. The molecule has 2 heterocycles. The number of aryl methyl sites for hydroxylation is 1. The molecule has 9 heteroatoms. The summed E-state index contributed by atoms with van der Waals surface area (Å²) in [5.41, 5.74) is -0.452. The third-order valence-electron chi connectivity index (χ3n) is 5.38. The third-order valence-corrected chi connectivity index (χ3v) is 6.18. The van der Waals surface area contributed by atoms with Gasteiger partial charge in [-0.3, -0.25) is 4.68 Å². The Labute approximate surface area is 155 Å². The van der Waals surface area contributed by atoms with Crippen LogP contribution >= 0.6 is 0 Å². The number of primary sulfonamides is 1. The molecule has 8 nitrogen and oxygen atoms in total. The number of hydrogen-bond acceptors (Lipinski definition) is 4. The lowest BCUT2D eigenvalue weighted by atomic mass is 9.66. The van der Waals surface area contributed by atoms with Crippen LogP contribution in [-0.4, -0.2) is 46.4 Å². The molecule has 0 saturated carbocycles. The minimum atomic E-state index is -3.79. The standard InChI is InChI=1S/C17H30N4O4S/c1-16(2,3)14-12(11-21(15(22)23)17(14,4)5)7-6-9-20-10-8-13(19-20)26(18,24)25/h8,10,12,14H,6-7,9,11H2,1-5H3,(H,22,23)(H2,18,24,25)/t12-,14?/m1/s1. The van der Waals surface area contributed by atoms with E-state index in [-0.39, 0.29) is 22.3 Å². The van der Waals surface area contributed by atoms with Crippen molar-refractivity contribution in [2.75, 3.05) is 6.54 Å². The summed E-state index contributed by atoms with van der Waals surface area (Å²) in [6, 6.07) is 1.39. The van der Waals surface area contributed by atoms with Gasteiger partial charge in [0.25, 0.3) is 10.0 Å². The highest BCUT2D eigenvalue weighted by Crippen LogP contribution is 2.49. The molecule has 1 unspecified atom stereocenters. The molecule has 0 spiro atoms. The van der Waals surface area contributed by atoms with Gasteiger partial charge in [-0.2, -0.15) is 5.10 Å². The monoisotopic (exact) mass is 386 g/mol. The van der Waals surface area contributed by atoms with Crippen molar-refractivity contribution in [3.05, 3.63) is 12.3 Å². The fraction of sp³-hybridized carbons (Fsp3) is 0.765. The zero-order chi connectivity index (χ0) is 19.9. The zero-order valence-corrected chi connectivity index (χ0v) is 17.0. The van der Waals surface area contributed by atoms with E-state index in [0.29, 0.717) is 13.1 Å². The van der Waals surface area contributed by atoms with Gasteiger partial charge in [0.15, 0.2) is 5.03 Å². The Morgan fingerprint density at radius 1 is 1.42 bits per heavy atom. The van der Waals surface area contributed by atoms with Gasteiger partial charge in [0, 0.05) is 24.8 Å². The van der Waals surface area contributed by atoms with Crippen molar-refractivity contribution in [3.8, 4) is 0 Å². The molecule has 1 fully saturated rings. The Morgan fingerprint density at radius 3 is 2.50 bits per heavy atom. The van der Waals surface area contributed by atoms with Crippen molar-refractivity contribution in [1.82, 2.24) is 14.7 Å². The average molecular weight is 387 g/mol. The largest absolute Gasteiger partial charge is 0.465 e. The lowest BCUT2D eigenvalue weighted by molar-refractivity contribution is 0.0634. The first-order valence-electron chi connectivity index (χ1n) is 8.81. The summed E-state index contributed by atoms with van der Waals surface area (Å²) in [5, 5.41) is 18.5. The fourth-order valence-electron chi connectivity index (χ4n) is 4.80. The quantitative estimate of drug-likeness (QED) is 0.805. The number of likely N-dealkylation sites (tertiary alicyclic amines) is 1. The van der Waals surface area contributed by atoms with Gasteiger partial charge >= 0.3 is 6.09 Å². The van der Waals surface area contributed by atoms with Crippen LogP contribution in [0, 0.1) is 17.3 Å². The van der Waals surface area contributed by atoms with E-state index in [9.17, 15) is 18.3 Å². The molecule has 1 amide bonds. The van der Waals surface area contributed by atoms with Gasteiger partial charge in [-0.25, -0.2) is 18.4 Å². The molecule has 1 aromatic rings. The highest BCUT2D eigenvalue weighted by molar-refractivity contribution is 7.89. The second-order valence-electron chi connectivity index (χ2n) is 8.75. The molecule has 0 aromatic carbocycles. The van der Waals surface area contributed by atoms with Crippen molar-refractivity contribution < 1.29 is 18.3 Å². The van der Waals surface area contributed by atoms with E-state index in [0.717, 1.165) is 12.8 Å². The Morgan fingerprint density at radius 2 is 2.04 bits per heavy atom. The molecule has 1 aliphatic heterocycles. The summed E-state index contributed by atoms with van der Waals surface area (Å²) >= 11 is 0. The lowest BCUT2D eigenvalue weighted by Crippen LogP contribution is -2.48. The summed E-state index contributed by atoms with van der Waals surface area (Å²) in [7, 11) is -3.79. The Hall–Kier alpha value is -1.61. The van der Waals surface area contributed by atoms with Gasteiger partial charge in [0.1, 0.15) is 0 Å². The second-order valence-corrected chi connectivity index (χ2v) is 10.3. The molecule has 148 valence electrons. The highest BCUT2D eigenvalue weighted by Gasteiger charge is 2.53. The van der Waals surface area contributed by atoms with E-state index in [2.05, 4.69) is 25.9 Å². The van der Waals surface area contributed by atoms with E-state index < -0.39 is 21.7 Å². The van der Waals surface area contributed by atoms with Gasteiger partial charge in [-0.1, -0.05) is 20.8 Å². The van der Waals surface area contributed by atoms with Crippen LogP contribution in [0.2, 0.25) is 0 Å². The number of carbonyl (C=O) groups is 1. The molecule has 2 rings (SSSR count). The van der Waals surface area contributed by atoms with Crippen molar-refractivity contribution in [2.24, 2.45) is 22.4 Å². The van der Waals surface area contributed by atoms with Crippen LogP contribution in [0.15, 0.2) is 17.3 Å². The third kappa shape index (κ3) is 4.20. The van der Waals surface area contributed by atoms with Gasteiger partial charge in [-0.05, 0) is 50.0 Å². The summed E-state index contributed by atoms with van der Waals surface area (Å²) in [6.07, 6.45) is 2.35. The van der Waals surface area contributed by atoms with Crippen LogP contribution in [0.3, 0.4) is 0 Å². The predicted molar refractivity (Wildman–Crippen MR) is 98.1 cm³/mol. The summed E-state index contributed by atoms with van der Waals surface area (Å²) in [4.78, 5) is 13.2. The second kappa shape index (κ2) is 6.84. The molecular weight excluding hydrogens is 356 g/mol. The van der Waals surface area contributed by atoms with E-state index in [4.69, 9.17) is 5.14 Å². The van der Waals surface area contributed by atoms with Gasteiger partial charge in [-0.15, -0.1) is 0 Å². The van der Waals surface area contributed by atoms with Crippen molar-refractivity contribution in [1.29, 1.82) is 0 Å². The number of rotatable bonds is 5. The van der Waals surface area contributed by atoms with Crippen molar-refractivity contribution in [2.45, 2.75) is 64.6 Å². The number of amides is 1. The minimum Gasteiger partial charge on any atom is -0.465 e. The Kier molecular flexibility index (Phi) is 5.45. The van der Waals surface area contributed by atoms with Gasteiger partial charge in [0.05, 0.1) is 0 Å². The summed E-state index contributed by atoms with van der Waals surface area (Å²) in [6.45, 7) is 11.6. The first kappa shape index (κ1) is 20.7. The summed E-state index contributed by atoms with van der Waals surface area (Å²) < 4.78 is 24.2. The molecule has 0 aliphatic carbocycles. The molecule has 3 N–H and O–H groups in total. The van der Waals surface area contributed by atoms with Crippen LogP contribution in [0.4, 0.5) is 4.79 Å². The molecule has 1 aliphatic rings. The number of nitrogens with zero attached hydrogens (tertiary/aromatic N) is 3. The van der Waals surface area contributed by atoms with Crippen molar-refractivity contribution in [3.63, 3.8) is 0 Å².